The standard InChI is InChI=1S/C11H7BrN4/c12-9-4-2-8(3-5-9)10-14-11-13-6-1-7-16(11)15-10/h1-7H. The van der Waals surface area contributed by atoms with E-state index in [0.717, 1.165) is 10.0 Å². The SMILES string of the molecule is Brc1ccc(-c2nc3ncccn3n2)cc1. The van der Waals surface area contributed by atoms with Gasteiger partial charge in [-0.2, -0.15) is 4.98 Å². The van der Waals surface area contributed by atoms with E-state index in [9.17, 15) is 0 Å². The molecule has 2 heterocycles. The van der Waals surface area contributed by atoms with Gasteiger partial charge in [-0.25, -0.2) is 9.50 Å². The number of rotatable bonds is 1. The van der Waals surface area contributed by atoms with E-state index >= 15 is 0 Å². The maximum absolute atomic E-state index is 4.34. The van der Waals surface area contributed by atoms with Crippen LogP contribution < -0.4 is 0 Å². The van der Waals surface area contributed by atoms with Gasteiger partial charge in [-0.05, 0) is 18.2 Å². The third kappa shape index (κ3) is 1.59. The van der Waals surface area contributed by atoms with Crippen LogP contribution in [0, 0.1) is 0 Å². The summed E-state index contributed by atoms with van der Waals surface area (Å²) in [5.41, 5.74) is 0.980. The molecule has 4 nitrogen and oxygen atoms in total. The first-order valence-electron chi connectivity index (χ1n) is 4.76. The van der Waals surface area contributed by atoms with E-state index < -0.39 is 0 Å². The van der Waals surface area contributed by atoms with Gasteiger partial charge in [0.25, 0.3) is 5.78 Å². The second kappa shape index (κ2) is 3.68. The van der Waals surface area contributed by atoms with Gasteiger partial charge in [0, 0.05) is 22.4 Å². The predicted molar refractivity (Wildman–Crippen MR) is 63.9 cm³/mol. The summed E-state index contributed by atoms with van der Waals surface area (Å²) in [6.07, 6.45) is 3.53. The topological polar surface area (TPSA) is 43.1 Å². The van der Waals surface area contributed by atoms with Crippen LogP contribution in [-0.4, -0.2) is 19.6 Å². The van der Waals surface area contributed by atoms with E-state index in [-0.39, 0.29) is 0 Å². The molecular formula is C11H7BrN4. The number of aromatic nitrogens is 4. The van der Waals surface area contributed by atoms with E-state index in [1.54, 1.807) is 10.7 Å². The highest BCUT2D eigenvalue weighted by atomic mass is 79.9. The first-order chi connectivity index (χ1) is 7.83. The lowest BCUT2D eigenvalue weighted by molar-refractivity contribution is 0.942. The molecule has 78 valence electrons. The maximum Gasteiger partial charge on any atom is 0.252 e. The van der Waals surface area contributed by atoms with Crippen molar-refractivity contribution in [1.82, 2.24) is 19.6 Å². The second-order valence-corrected chi connectivity index (χ2v) is 4.22. The first-order valence-corrected chi connectivity index (χ1v) is 5.55. The Balaban J connectivity index is 2.15. The summed E-state index contributed by atoms with van der Waals surface area (Å²) in [5, 5.41) is 4.34. The molecule has 3 aromatic rings. The van der Waals surface area contributed by atoms with Crippen LogP contribution in [0.3, 0.4) is 0 Å². The minimum absolute atomic E-state index is 0.611. The number of nitrogens with zero attached hydrogens (tertiary/aromatic N) is 4. The summed E-state index contributed by atoms with van der Waals surface area (Å²) in [6.45, 7) is 0. The van der Waals surface area contributed by atoms with Gasteiger partial charge >= 0.3 is 0 Å². The summed E-state index contributed by atoms with van der Waals surface area (Å²) in [4.78, 5) is 8.46. The van der Waals surface area contributed by atoms with E-state index in [1.165, 1.54) is 0 Å². The fourth-order valence-electron chi connectivity index (χ4n) is 1.45. The van der Waals surface area contributed by atoms with Crippen LogP contribution in [0.25, 0.3) is 17.2 Å². The Labute approximate surface area is 100 Å². The summed E-state index contributed by atoms with van der Waals surface area (Å²) in [6, 6.07) is 9.70. The van der Waals surface area contributed by atoms with Crippen LogP contribution in [0.1, 0.15) is 0 Å². The third-order valence-electron chi connectivity index (χ3n) is 2.22. The van der Waals surface area contributed by atoms with Gasteiger partial charge in [0.15, 0.2) is 5.82 Å². The molecule has 0 aliphatic carbocycles. The van der Waals surface area contributed by atoms with Gasteiger partial charge in [0.05, 0.1) is 0 Å². The Morgan fingerprint density at radius 3 is 2.69 bits per heavy atom. The summed E-state index contributed by atoms with van der Waals surface area (Å²) >= 11 is 3.39. The van der Waals surface area contributed by atoms with E-state index in [4.69, 9.17) is 0 Å². The number of hydrogen-bond acceptors (Lipinski definition) is 3. The number of fused-ring (bicyclic) bond motifs is 1. The van der Waals surface area contributed by atoms with Crippen LogP contribution in [0.15, 0.2) is 47.2 Å². The molecule has 3 rings (SSSR count). The van der Waals surface area contributed by atoms with E-state index in [0.29, 0.717) is 11.6 Å². The molecule has 5 heteroatoms. The monoisotopic (exact) mass is 274 g/mol. The Morgan fingerprint density at radius 2 is 1.94 bits per heavy atom. The molecule has 2 aromatic heterocycles. The molecule has 0 N–H and O–H groups in total. The molecule has 0 amide bonds. The molecule has 0 radical (unpaired) electrons. The Morgan fingerprint density at radius 1 is 1.12 bits per heavy atom. The van der Waals surface area contributed by atoms with E-state index in [2.05, 4.69) is 31.0 Å². The van der Waals surface area contributed by atoms with E-state index in [1.807, 2.05) is 36.5 Å². The van der Waals surface area contributed by atoms with Gasteiger partial charge < -0.3 is 0 Å². The smallest absolute Gasteiger partial charge is 0.220 e. The third-order valence-corrected chi connectivity index (χ3v) is 2.75. The van der Waals surface area contributed by atoms with Gasteiger partial charge in [0.2, 0.25) is 0 Å². The summed E-state index contributed by atoms with van der Waals surface area (Å²) in [7, 11) is 0. The Kier molecular flexibility index (Phi) is 2.18. The molecule has 0 bridgehead atoms. The molecule has 0 saturated heterocycles. The lowest BCUT2D eigenvalue weighted by atomic mass is 10.2. The van der Waals surface area contributed by atoms with Crippen LogP contribution in [-0.2, 0) is 0 Å². The van der Waals surface area contributed by atoms with Gasteiger partial charge in [0.1, 0.15) is 0 Å². The van der Waals surface area contributed by atoms with Crippen molar-refractivity contribution in [2.75, 3.05) is 0 Å². The number of halogens is 1. The Bertz CT molecular complexity index is 597. The molecule has 0 aliphatic heterocycles. The molecule has 0 atom stereocenters. The van der Waals surface area contributed by atoms with Crippen LogP contribution in [0.2, 0.25) is 0 Å². The number of hydrogen-bond donors (Lipinski definition) is 0. The van der Waals surface area contributed by atoms with Crippen molar-refractivity contribution in [3.8, 4) is 11.4 Å². The zero-order valence-corrected chi connectivity index (χ0v) is 9.79. The van der Waals surface area contributed by atoms with Crippen molar-refractivity contribution in [3.63, 3.8) is 0 Å². The highest BCUT2D eigenvalue weighted by Crippen LogP contribution is 2.18. The lowest BCUT2D eigenvalue weighted by Crippen LogP contribution is -1.87. The summed E-state index contributed by atoms with van der Waals surface area (Å²) in [5.74, 6) is 1.30. The normalized spacial score (nSPS) is 10.8. The molecule has 0 spiro atoms. The zero-order valence-electron chi connectivity index (χ0n) is 8.21. The van der Waals surface area contributed by atoms with Crippen molar-refractivity contribution in [3.05, 3.63) is 47.2 Å². The molecule has 0 saturated carbocycles. The van der Waals surface area contributed by atoms with Gasteiger partial charge in [-0.15, -0.1) is 5.10 Å². The van der Waals surface area contributed by atoms with Crippen LogP contribution in [0.4, 0.5) is 0 Å². The molecule has 0 fully saturated rings. The molecule has 1 aromatic carbocycles. The molecule has 16 heavy (non-hydrogen) atoms. The van der Waals surface area contributed by atoms with Crippen LogP contribution in [0.5, 0.6) is 0 Å². The molecule has 0 aliphatic rings. The maximum atomic E-state index is 4.34. The lowest BCUT2D eigenvalue weighted by Gasteiger charge is -1.93. The van der Waals surface area contributed by atoms with Crippen molar-refractivity contribution < 1.29 is 0 Å². The fraction of sp³-hybridized carbons (Fsp3) is 0. The average molecular weight is 275 g/mol. The molecular weight excluding hydrogens is 268 g/mol. The average Bonchev–Trinajstić information content (AvgIpc) is 2.73. The van der Waals surface area contributed by atoms with Crippen molar-refractivity contribution >= 4 is 21.7 Å². The highest BCUT2D eigenvalue weighted by Gasteiger charge is 2.05. The highest BCUT2D eigenvalue weighted by molar-refractivity contribution is 9.10. The number of benzene rings is 1. The fourth-order valence-corrected chi connectivity index (χ4v) is 1.72. The van der Waals surface area contributed by atoms with Crippen molar-refractivity contribution in [1.29, 1.82) is 0 Å². The minimum Gasteiger partial charge on any atom is -0.220 e. The van der Waals surface area contributed by atoms with Gasteiger partial charge in [-0.3, -0.25) is 0 Å². The second-order valence-electron chi connectivity index (χ2n) is 3.31. The molecule has 0 unspecified atom stereocenters. The summed E-state index contributed by atoms with van der Waals surface area (Å²) < 4.78 is 2.70. The Hall–Kier alpha value is -1.75. The quantitative estimate of drug-likeness (QED) is 0.685. The first kappa shape index (κ1) is 9.47. The van der Waals surface area contributed by atoms with Gasteiger partial charge in [-0.1, -0.05) is 28.1 Å². The zero-order chi connectivity index (χ0) is 11.0. The predicted octanol–water partition coefficient (Wildman–Crippen LogP) is 2.55. The van der Waals surface area contributed by atoms with Crippen molar-refractivity contribution in [2.45, 2.75) is 0 Å². The van der Waals surface area contributed by atoms with Crippen LogP contribution >= 0.6 is 15.9 Å². The van der Waals surface area contributed by atoms with Crippen molar-refractivity contribution in [2.24, 2.45) is 0 Å². The minimum atomic E-state index is 0.611. The largest absolute Gasteiger partial charge is 0.252 e.